The summed E-state index contributed by atoms with van der Waals surface area (Å²) in [6, 6.07) is 12.2. The predicted molar refractivity (Wildman–Crippen MR) is 155 cm³/mol. The number of hydrogen-bond donors (Lipinski definition) is 2. The van der Waals surface area contributed by atoms with Crippen LogP contribution in [-0.2, 0) is 22.6 Å². The summed E-state index contributed by atoms with van der Waals surface area (Å²) in [5.74, 6) is -0.275. The van der Waals surface area contributed by atoms with Gasteiger partial charge in [0.05, 0.1) is 43.7 Å². The van der Waals surface area contributed by atoms with E-state index in [1.54, 1.807) is 18.5 Å². The highest BCUT2D eigenvalue weighted by Crippen LogP contribution is 2.27. The average Bonchev–Trinajstić information content (AvgIpc) is 3.72. The van der Waals surface area contributed by atoms with E-state index < -0.39 is 0 Å². The van der Waals surface area contributed by atoms with Gasteiger partial charge in [-0.1, -0.05) is 12.1 Å². The van der Waals surface area contributed by atoms with Crippen molar-refractivity contribution in [2.75, 3.05) is 36.9 Å². The smallest absolute Gasteiger partial charge is 0.262 e. The van der Waals surface area contributed by atoms with Crippen LogP contribution in [0.1, 0.15) is 20.8 Å². The first-order valence-corrected chi connectivity index (χ1v) is 14.4. The number of nitrogens with zero attached hydrogens (tertiary/aromatic N) is 6. The molecule has 7 rings (SSSR count). The van der Waals surface area contributed by atoms with Crippen LogP contribution in [0.25, 0.3) is 10.9 Å². The highest BCUT2D eigenvalue weighted by Gasteiger charge is 2.36. The second-order valence-corrected chi connectivity index (χ2v) is 11.3. The Balaban J connectivity index is 1.01. The van der Waals surface area contributed by atoms with Gasteiger partial charge in [0.1, 0.15) is 23.5 Å². The molecule has 0 spiro atoms. The zero-order valence-electron chi connectivity index (χ0n) is 22.4. The monoisotopic (exact) mass is 586 g/mol. The molecule has 1 amide bonds. The topological polar surface area (TPSA) is 119 Å². The second-order valence-electron chi connectivity index (χ2n) is 10.2. The predicted octanol–water partition coefficient (Wildman–Crippen LogP) is 4.07. The van der Waals surface area contributed by atoms with Crippen molar-refractivity contribution in [3.05, 3.63) is 89.2 Å². The third kappa shape index (κ3) is 5.72. The van der Waals surface area contributed by atoms with E-state index in [9.17, 15) is 9.18 Å². The summed E-state index contributed by atoms with van der Waals surface area (Å²) in [5.41, 5.74) is 2.74. The van der Waals surface area contributed by atoms with Crippen molar-refractivity contribution in [3.63, 3.8) is 0 Å². The minimum Gasteiger partial charge on any atom is -0.372 e. The molecule has 0 aliphatic carbocycles. The number of anilines is 3. The molecule has 3 aromatic heterocycles. The molecule has 42 heavy (non-hydrogen) atoms. The molecule has 2 aromatic carbocycles. The van der Waals surface area contributed by atoms with E-state index in [0.29, 0.717) is 30.7 Å². The number of carbonyl (C=O) groups is 1. The summed E-state index contributed by atoms with van der Waals surface area (Å²) in [5, 5.41) is 12.0. The summed E-state index contributed by atoms with van der Waals surface area (Å²) < 4.78 is 27.1. The molecular weight excluding hydrogens is 559 g/mol. The number of ether oxygens (including phenoxy) is 2. The Morgan fingerprint density at radius 2 is 1.88 bits per heavy atom. The number of rotatable bonds is 8. The van der Waals surface area contributed by atoms with Gasteiger partial charge in [0.15, 0.2) is 5.13 Å². The lowest BCUT2D eigenvalue weighted by Gasteiger charge is -2.24. The number of likely N-dealkylation sites (tertiary alicyclic amines) is 1. The van der Waals surface area contributed by atoms with Crippen LogP contribution in [0.5, 0.6) is 0 Å². The Bertz CT molecular complexity index is 1730. The van der Waals surface area contributed by atoms with E-state index in [1.165, 1.54) is 36.0 Å². The van der Waals surface area contributed by atoms with E-state index in [-0.39, 0.29) is 29.5 Å². The molecule has 0 bridgehead atoms. The number of fused-ring (bicyclic) bond motifs is 2. The Labute approximate surface area is 244 Å². The first-order chi connectivity index (χ1) is 20.6. The van der Waals surface area contributed by atoms with E-state index in [0.717, 1.165) is 46.7 Å². The molecule has 5 heterocycles. The van der Waals surface area contributed by atoms with Gasteiger partial charge in [0.25, 0.3) is 5.91 Å². The van der Waals surface area contributed by atoms with Gasteiger partial charge in [0.2, 0.25) is 0 Å². The highest BCUT2D eigenvalue weighted by molar-refractivity contribution is 7.15. The van der Waals surface area contributed by atoms with Crippen LogP contribution < -0.4 is 10.6 Å². The number of carbonyl (C=O) groups excluding carboxylic acids is 1. The lowest BCUT2D eigenvalue weighted by atomic mass is 10.2. The zero-order valence-corrected chi connectivity index (χ0v) is 23.3. The number of benzene rings is 2. The molecule has 2 aliphatic heterocycles. The van der Waals surface area contributed by atoms with Crippen LogP contribution in [-0.4, -0.2) is 74.1 Å². The summed E-state index contributed by atoms with van der Waals surface area (Å²) in [6.07, 6.45) is 6.63. The standard InChI is InChI=1S/C29H27FN8O3S/c30-20-3-1-2-18(8-20)13-38-24-5-4-21(9-19(24)10-34-38)35-27-23(12-31-17-33-27)28(39)36-29-32-11-22(42-29)14-37-15-25-26(16-37)41-7-6-40-25/h1-5,8-12,17,25-26H,6-7,13-16H2,(H,31,33,35)(H,32,36,39)/t25-,26-/m0/s1. The van der Waals surface area contributed by atoms with Gasteiger partial charge >= 0.3 is 0 Å². The molecule has 5 aromatic rings. The third-order valence-corrected chi connectivity index (χ3v) is 8.17. The minimum absolute atomic E-state index is 0.118. The van der Waals surface area contributed by atoms with Crippen molar-refractivity contribution < 1.29 is 18.7 Å². The van der Waals surface area contributed by atoms with Crippen LogP contribution >= 0.6 is 11.3 Å². The van der Waals surface area contributed by atoms with Gasteiger partial charge in [0, 0.05) is 48.0 Å². The molecule has 2 saturated heterocycles. The number of halogens is 1. The molecule has 214 valence electrons. The molecule has 13 heteroatoms. The lowest BCUT2D eigenvalue weighted by Crippen LogP contribution is -2.36. The van der Waals surface area contributed by atoms with Crippen molar-refractivity contribution in [1.82, 2.24) is 29.6 Å². The van der Waals surface area contributed by atoms with Crippen molar-refractivity contribution in [2.45, 2.75) is 25.3 Å². The molecule has 0 radical (unpaired) electrons. The van der Waals surface area contributed by atoms with Crippen molar-refractivity contribution in [3.8, 4) is 0 Å². The Morgan fingerprint density at radius 1 is 1.02 bits per heavy atom. The fourth-order valence-electron chi connectivity index (χ4n) is 5.32. The van der Waals surface area contributed by atoms with E-state index in [1.807, 2.05) is 28.9 Å². The maximum atomic E-state index is 13.6. The first-order valence-electron chi connectivity index (χ1n) is 13.6. The number of amides is 1. The molecule has 2 atom stereocenters. The molecule has 2 aliphatic rings. The Hall–Kier alpha value is -4.30. The molecule has 2 N–H and O–H groups in total. The number of hydrogen-bond acceptors (Lipinski definition) is 10. The van der Waals surface area contributed by atoms with Gasteiger partial charge in [-0.15, -0.1) is 11.3 Å². The summed E-state index contributed by atoms with van der Waals surface area (Å²) in [7, 11) is 0. The Morgan fingerprint density at radius 3 is 2.71 bits per heavy atom. The van der Waals surface area contributed by atoms with Crippen molar-refractivity contribution in [2.24, 2.45) is 0 Å². The average molecular weight is 587 g/mol. The second kappa shape index (κ2) is 11.5. The van der Waals surface area contributed by atoms with Crippen molar-refractivity contribution in [1.29, 1.82) is 0 Å². The van der Waals surface area contributed by atoms with Crippen LogP contribution in [0.4, 0.5) is 21.0 Å². The normalized spacial score (nSPS) is 18.7. The highest BCUT2D eigenvalue weighted by atomic mass is 32.1. The van der Waals surface area contributed by atoms with Crippen LogP contribution in [0.3, 0.4) is 0 Å². The number of aromatic nitrogens is 5. The molecule has 0 saturated carbocycles. The van der Waals surface area contributed by atoms with Gasteiger partial charge in [-0.05, 0) is 35.9 Å². The first kappa shape index (κ1) is 26.6. The molecule has 11 nitrogen and oxygen atoms in total. The lowest BCUT2D eigenvalue weighted by molar-refractivity contribution is -0.116. The van der Waals surface area contributed by atoms with Gasteiger partial charge in [-0.3, -0.25) is 19.7 Å². The fraction of sp³-hybridized carbons (Fsp3) is 0.276. The molecular formula is C29H27FN8O3S. The quantitative estimate of drug-likeness (QED) is 0.277. The van der Waals surface area contributed by atoms with Gasteiger partial charge in [-0.2, -0.15) is 5.10 Å². The summed E-state index contributed by atoms with van der Waals surface area (Å²) >= 11 is 1.43. The minimum atomic E-state index is -0.364. The maximum Gasteiger partial charge on any atom is 0.262 e. The number of nitrogens with one attached hydrogen (secondary N) is 2. The summed E-state index contributed by atoms with van der Waals surface area (Å²) in [6.45, 7) is 4.09. The third-order valence-electron chi connectivity index (χ3n) is 7.27. The fourth-order valence-corrected chi connectivity index (χ4v) is 6.17. The zero-order chi connectivity index (χ0) is 28.5. The SMILES string of the molecule is O=C(Nc1ncc(CN2C[C@@H]3OCCO[C@H]3C2)s1)c1cncnc1Nc1ccc2c(cnn2Cc2cccc(F)c2)c1. The van der Waals surface area contributed by atoms with E-state index in [4.69, 9.17) is 9.47 Å². The number of thiazole rings is 1. The van der Waals surface area contributed by atoms with Crippen LogP contribution in [0, 0.1) is 5.82 Å². The Kier molecular flexibility index (Phi) is 7.30. The van der Waals surface area contributed by atoms with Gasteiger partial charge < -0.3 is 14.8 Å². The maximum absolute atomic E-state index is 13.6. The largest absolute Gasteiger partial charge is 0.372 e. The van der Waals surface area contributed by atoms with Crippen molar-refractivity contribution >= 4 is 44.8 Å². The van der Waals surface area contributed by atoms with E-state index in [2.05, 4.69) is 35.6 Å². The summed E-state index contributed by atoms with van der Waals surface area (Å²) in [4.78, 5) is 29.3. The van der Waals surface area contributed by atoms with Crippen LogP contribution in [0.2, 0.25) is 0 Å². The van der Waals surface area contributed by atoms with Crippen LogP contribution in [0.15, 0.2) is 67.4 Å². The van der Waals surface area contributed by atoms with Gasteiger partial charge in [-0.25, -0.2) is 19.3 Å². The van der Waals surface area contributed by atoms with E-state index >= 15 is 0 Å². The molecule has 0 unspecified atom stereocenters. The molecule has 2 fully saturated rings.